The number of nitrogens with zero attached hydrogens (tertiary/aromatic N) is 2. The van der Waals surface area contributed by atoms with Crippen molar-refractivity contribution in [3.05, 3.63) is 48.2 Å². The van der Waals surface area contributed by atoms with Crippen LogP contribution in [0, 0.1) is 0 Å². The van der Waals surface area contributed by atoms with Gasteiger partial charge in [-0.3, -0.25) is 9.10 Å². The summed E-state index contributed by atoms with van der Waals surface area (Å²) in [5.74, 6) is -0.126. The highest BCUT2D eigenvalue weighted by atomic mass is 32.2. The van der Waals surface area contributed by atoms with Crippen molar-refractivity contribution in [1.82, 2.24) is 10.3 Å². The summed E-state index contributed by atoms with van der Waals surface area (Å²) in [4.78, 5) is 16.7. The van der Waals surface area contributed by atoms with Crippen LogP contribution in [0.15, 0.2) is 47.5 Å². The van der Waals surface area contributed by atoms with Crippen molar-refractivity contribution in [2.24, 2.45) is 0 Å². The standard InChI is InChI=1S/C18H21N3O4S/c1-18(2,3)20-16(22)13-11-15-17(19-12-13)25-10-9-21(15)26(23,24)14-7-5-4-6-8-14/h4-8,11-12H,9-10H2,1-3H3,(H,20,22). The van der Waals surface area contributed by atoms with E-state index in [1.54, 1.807) is 18.2 Å². The van der Waals surface area contributed by atoms with Gasteiger partial charge < -0.3 is 10.1 Å². The summed E-state index contributed by atoms with van der Waals surface area (Å²) >= 11 is 0. The molecule has 0 saturated carbocycles. The zero-order valence-corrected chi connectivity index (χ0v) is 15.7. The Morgan fingerprint density at radius 2 is 1.92 bits per heavy atom. The Labute approximate surface area is 153 Å². The molecule has 0 unspecified atom stereocenters. The van der Waals surface area contributed by atoms with Gasteiger partial charge in [0.15, 0.2) is 0 Å². The highest BCUT2D eigenvalue weighted by molar-refractivity contribution is 7.92. The summed E-state index contributed by atoms with van der Waals surface area (Å²) in [5.41, 5.74) is 0.123. The maximum Gasteiger partial charge on any atom is 0.264 e. The number of carbonyl (C=O) groups excluding carboxylic acids is 1. The van der Waals surface area contributed by atoms with Crippen molar-refractivity contribution in [3.8, 4) is 5.88 Å². The van der Waals surface area contributed by atoms with Gasteiger partial charge in [-0.1, -0.05) is 18.2 Å². The second-order valence-corrected chi connectivity index (χ2v) is 8.85. The number of aromatic nitrogens is 1. The Hall–Kier alpha value is -2.61. The highest BCUT2D eigenvalue weighted by Gasteiger charge is 2.31. The largest absolute Gasteiger partial charge is 0.474 e. The van der Waals surface area contributed by atoms with Gasteiger partial charge in [-0.05, 0) is 39.0 Å². The van der Waals surface area contributed by atoms with Crippen LogP contribution in [0.3, 0.4) is 0 Å². The van der Waals surface area contributed by atoms with E-state index < -0.39 is 15.6 Å². The normalized spacial score (nSPS) is 14.3. The molecule has 0 aliphatic carbocycles. The minimum atomic E-state index is -3.77. The smallest absolute Gasteiger partial charge is 0.264 e. The number of hydrogen-bond acceptors (Lipinski definition) is 5. The van der Waals surface area contributed by atoms with Crippen molar-refractivity contribution < 1.29 is 17.9 Å². The molecule has 1 amide bonds. The molecule has 1 aliphatic rings. The van der Waals surface area contributed by atoms with Gasteiger partial charge in [0, 0.05) is 11.7 Å². The van der Waals surface area contributed by atoms with Crippen LogP contribution < -0.4 is 14.4 Å². The highest BCUT2D eigenvalue weighted by Crippen LogP contribution is 2.34. The Bertz CT molecular complexity index is 921. The molecule has 3 rings (SSSR count). The maximum absolute atomic E-state index is 13.0. The third-order valence-corrected chi connectivity index (χ3v) is 5.54. The van der Waals surface area contributed by atoms with Crippen molar-refractivity contribution in [2.75, 3.05) is 17.5 Å². The van der Waals surface area contributed by atoms with E-state index in [0.29, 0.717) is 0 Å². The number of sulfonamides is 1. The van der Waals surface area contributed by atoms with E-state index in [1.165, 1.54) is 28.7 Å². The van der Waals surface area contributed by atoms with Gasteiger partial charge in [-0.25, -0.2) is 13.4 Å². The number of amides is 1. The number of benzene rings is 1. The average Bonchev–Trinajstić information content (AvgIpc) is 2.60. The number of hydrogen-bond donors (Lipinski definition) is 1. The fraction of sp³-hybridized carbons (Fsp3) is 0.333. The summed E-state index contributed by atoms with van der Waals surface area (Å²) < 4.78 is 32.7. The van der Waals surface area contributed by atoms with Crippen LogP contribution in [0.1, 0.15) is 31.1 Å². The van der Waals surface area contributed by atoms with Crippen LogP contribution >= 0.6 is 0 Å². The van der Waals surface area contributed by atoms with E-state index in [9.17, 15) is 13.2 Å². The van der Waals surface area contributed by atoms with E-state index in [4.69, 9.17) is 4.74 Å². The first-order valence-electron chi connectivity index (χ1n) is 8.22. The Balaban J connectivity index is 2.01. The molecule has 138 valence electrons. The first-order chi connectivity index (χ1) is 12.2. The summed E-state index contributed by atoms with van der Waals surface area (Å²) in [6.45, 7) is 5.94. The fourth-order valence-electron chi connectivity index (χ4n) is 2.58. The van der Waals surface area contributed by atoms with Gasteiger partial charge in [-0.15, -0.1) is 0 Å². The summed E-state index contributed by atoms with van der Waals surface area (Å²) in [6.07, 6.45) is 1.39. The van der Waals surface area contributed by atoms with Gasteiger partial charge in [0.05, 0.1) is 17.0 Å². The van der Waals surface area contributed by atoms with E-state index in [-0.39, 0.29) is 41.1 Å². The first-order valence-corrected chi connectivity index (χ1v) is 9.66. The molecule has 0 saturated heterocycles. The van der Waals surface area contributed by atoms with E-state index >= 15 is 0 Å². The summed E-state index contributed by atoms with van der Waals surface area (Å²) in [5, 5.41) is 2.84. The Morgan fingerprint density at radius 3 is 2.58 bits per heavy atom. The molecule has 1 aliphatic heterocycles. The quantitative estimate of drug-likeness (QED) is 0.888. The van der Waals surface area contributed by atoms with Crippen LogP contribution in [-0.4, -0.2) is 38.0 Å². The van der Waals surface area contributed by atoms with E-state index in [0.717, 1.165) is 0 Å². The van der Waals surface area contributed by atoms with Crippen LogP contribution in [-0.2, 0) is 10.0 Å². The third-order valence-electron chi connectivity index (χ3n) is 3.72. The molecule has 0 fully saturated rings. The number of carbonyl (C=O) groups is 1. The summed E-state index contributed by atoms with van der Waals surface area (Å²) in [7, 11) is -3.77. The molecule has 7 nitrogen and oxygen atoms in total. The lowest BCUT2D eigenvalue weighted by molar-refractivity contribution is 0.0919. The van der Waals surface area contributed by atoms with Crippen LogP contribution in [0.5, 0.6) is 5.88 Å². The molecule has 1 aromatic carbocycles. The van der Waals surface area contributed by atoms with Gasteiger partial charge in [0.25, 0.3) is 15.9 Å². The molecule has 2 aromatic rings. The molecule has 1 aromatic heterocycles. The average molecular weight is 375 g/mol. The zero-order valence-electron chi connectivity index (χ0n) is 14.9. The van der Waals surface area contributed by atoms with Crippen molar-refractivity contribution in [3.63, 3.8) is 0 Å². The number of ether oxygens (including phenoxy) is 1. The molecule has 1 N–H and O–H groups in total. The molecule has 2 heterocycles. The third kappa shape index (κ3) is 3.65. The molecule has 0 radical (unpaired) electrons. The van der Waals surface area contributed by atoms with Gasteiger partial charge in [-0.2, -0.15) is 0 Å². The molecular formula is C18H21N3O4S. The van der Waals surface area contributed by atoms with Gasteiger partial charge in [0.2, 0.25) is 5.88 Å². The lowest BCUT2D eigenvalue weighted by Gasteiger charge is -2.30. The minimum absolute atomic E-state index is 0.149. The molecule has 26 heavy (non-hydrogen) atoms. The van der Waals surface area contributed by atoms with Gasteiger partial charge >= 0.3 is 0 Å². The van der Waals surface area contributed by atoms with Crippen molar-refractivity contribution >= 4 is 21.6 Å². The minimum Gasteiger partial charge on any atom is -0.474 e. The van der Waals surface area contributed by atoms with Crippen molar-refractivity contribution in [1.29, 1.82) is 0 Å². The van der Waals surface area contributed by atoms with Crippen molar-refractivity contribution in [2.45, 2.75) is 31.2 Å². The second kappa shape index (κ2) is 6.60. The van der Waals surface area contributed by atoms with E-state index in [1.807, 2.05) is 20.8 Å². The second-order valence-electron chi connectivity index (χ2n) is 6.99. The SMILES string of the molecule is CC(C)(C)NC(=O)c1cnc2c(c1)N(S(=O)(=O)c1ccccc1)CCO2. The molecule has 0 spiro atoms. The number of anilines is 1. The van der Waals surface area contributed by atoms with E-state index in [2.05, 4.69) is 10.3 Å². The molecule has 8 heteroatoms. The lowest BCUT2D eigenvalue weighted by Crippen LogP contribution is -2.41. The Morgan fingerprint density at radius 1 is 1.23 bits per heavy atom. The van der Waals surface area contributed by atoms with Gasteiger partial charge in [0.1, 0.15) is 12.3 Å². The molecular weight excluding hydrogens is 354 g/mol. The first kappa shape index (κ1) is 18.2. The lowest BCUT2D eigenvalue weighted by atomic mass is 10.1. The van der Waals surface area contributed by atoms with Crippen LogP contribution in [0.25, 0.3) is 0 Å². The van der Waals surface area contributed by atoms with Crippen LogP contribution in [0.4, 0.5) is 5.69 Å². The monoisotopic (exact) mass is 375 g/mol. The topological polar surface area (TPSA) is 88.6 Å². The predicted molar refractivity (Wildman–Crippen MR) is 97.9 cm³/mol. The number of rotatable bonds is 3. The maximum atomic E-state index is 13.0. The summed E-state index contributed by atoms with van der Waals surface area (Å²) in [6, 6.07) is 9.66. The fourth-order valence-corrected chi connectivity index (χ4v) is 4.04. The van der Waals surface area contributed by atoms with Crippen LogP contribution in [0.2, 0.25) is 0 Å². The number of pyridine rings is 1. The molecule has 0 bridgehead atoms. The predicted octanol–water partition coefficient (Wildman–Crippen LogP) is 2.20. The zero-order chi connectivity index (χ0) is 18.9. The number of fused-ring (bicyclic) bond motifs is 1. The Kier molecular flexibility index (Phi) is 4.62. The molecule has 0 atom stereocenters. The number of nitrogens with one attached hydrogen (secondary N) is 1.